The molecule has 6 heteroatoms. The van der Waals surface area contributed by atoms with Crippen LogP contribution in [0.25, 0.3) is 0 Å². The fraction of sp³-hybridized carbons (Fsp3) is 0.533. The Labute approximate surface area is 124 Å². The first-order valence-corrected chi connectivity index (χ1v) is 7.42. The summed E-state index contributed by atoms with van der Waals surface area (Å²) in [7, 11) is 0. The van der Waals surface area contributed by atoms with Crippen LogP contribution in [0.4, 0.5) is 11.4 Å². The van der Waals surface area contributed by atoms with Gasteiger partial charge in [0.05, 0.1) is 4.92 Å². The zero-order valence-corrected chi connectivity index (χ0v) is 12.2. The van der Waals surface area contributed by atoms with E-state index in [1.807, 2.05) is 6.92 Å². The van der Waals surface area contributed by atoms with E-state index in [4.69, 9.17) is 0 Å². The molecule has 6 nitrogen and oxygen atoms in total. The zero-order chi connectivity index (χ0) is 15.2. The molecule has 1 fully saturated rings. The highest BCUT2D eigenvalue weighted by Crippen LogP contribution is 2.33. The molecule has 0 unspecified atom stereocenters. The van der Waals surface area contributed by atoms with Gasteiger partial charge >= 0.3 is 0 Å². The second-order valence-corrected chi connectivity index (χ2v) is 5.36. The van der Waals surface area contributed by atoms with Gasteiger partial charge in [-0.1, -0.05) is 12.8 Å². The summed E-state index contributed by atoms with van der Waals surface area (Å²) in [6, 6.07) is 4.55. The molecule has 0 atom stereocenters. The molecule has 0 heterocycles. The fourth-order valence-electron chi connectivity index (χ4n) is 2.26. The first-order valence-electron chi connectivity index (χ1n) is 7.42. The molecule has 0 bridgehead atoms. The van der Waals surface area contributed by atoms with Crippen molar-refractivity contribution in [2.24, 2.45) is 5.92 Å². The summed E-state index contributed by atoms with van der Waals surface area (Å²) in [5, 5.41) is 16.9. The maximum atomic E-state index is 11.7. The Morgan fingerprint density at radius 1 is 1.43 bits per heavy atom. The van der Waals surface area contributed by atoms with Gasteiger partial charge in [-0.2, -0.15) is 0 Å². The zero-order valence-electron chi connectivity index (χ0n) is 12.2. The number of nitro benzene ring substituents is 1. The molecule has 0 aromatic heterocycles. The summed E-state index contributed by atoms with van der Waals surface area (Å²) in [5.41, 5.74) is 0.737. The van der Waals surface area contributed by atoms with Gasteiger partial charge in [0.25, 0.3) is 11.6 Å². The van der Waals surface area contributed by atoms with Crippen LogP contribution >= 0.6 is 0 Å². The Morgan fingerprint density at radius 2 is 2.19 bits per heavy atom. The van der Waals surface area contributed by atoms with E-state index in [9.17, 15) is 14.9 Å². The molecule has 0 spiro atoms. The van der Waals surface area contributed by atoms with Crippen molar-refractivity contribution in [3.63, 3.8) is 0 Å². The van der Waals surface area contributed by atoms with Crippen molar-refractivity contribution in [2.45, 2.75) is 32.6 Å². The van der Waals surface area contributed by atoms with Crippen LogP contribution in [0.3, 0.4) is 0 Å². The maximum absolute atomic E-state index is 11.7. The number of nitro groups is 1. The number of nitrogens with one attached hydrogen (secondary N) is 2. The molecule has 1 aromatic carbocycles. The quantitative estimate of drug-likeness (QED) is 0.438. The first kappa shape index (κ1) is 15.3. The smallest absolute Gasteiger partial charge is 0.293 e. The van der Waals surface area contributed by atoms with Gasteiger partial charge in [-0.3, -0.25) is 14.9 Å². The fourth-order valence-corrected chi connectivity index (χ4v) is 2.26. The average Bonchev–Trinajstić information content (AvgIpc) is 3.28. The van der Waals surface area contributed by atoms with Crippen molar-refractivity contribution >= 4 is 17.3 Å². The number of hydrogen-bond donors (Lipinski definition) is 2. The molecule has 1 amide bonds. The normalized spacial score (nSPS) is 13.8. The van der Waals surface area contributed by atoms with Crippen molar-refractivity contribution in [2.75, 3.05) is 18.4 Å². The minimum atomic E-state index is -0.452. The van der Waals surface area contributed by atoms with Crippen LogP contribution in [0.5, 0.6) is 0 Å². The Bertz CT molecular complexity index is 527. The Morgan fingerprint density at radius 3 is 2.81 bits per heavy atom. The molecule has 0 aliphatic heterocycles. The molecule has 0 radical (unpaired) electrons. The Hall–Kier alpha value is -2.11. The van der Waals surface area contributed by atoms with E-state index in [-0.39, 0.29) is 11.6 Å². The summed E-state index contributed by atoms with van der Waals surface area (Å²) in [6.45, 7) is 3.02. The maximum Gasteiger partial charge on any atom is 0.293 e. The lowest BCUT2D eigenvalue weighted by Gasteiger charge is -2.08. The third-order valence-corrected chi connectivity index (χ3v) is 3.60. The summed E-state index contributed by atoms with van der Waals surface area (Å²) in [5.74, 6) is 0.572. The van der Waals surface area contributed by atoms with E-state index in [1.54, 1.807) is 12.1 Å². The van der Waals surface area contributed by atoms with Gasteiger partial charge in [0, 0.05) is 24.7 Å². The second kappa shape index (κ2) is 7.06. The molecule has 1 saturated carbocycles. The van der Waals surface area contributed by atoms with Crippen LogP contribution in [-0.4, -0.2) is 23.9 Å². The van der Waals surface area contributed by atoms with E-state index >= 15 is 0 Å². The molecule has 0 saturated heterocycles. The lowest BCUT2D eigenvalue weighted by molar-refractivity contribution is -0.384. The van der Waals surface area contributed by atoms with Crippen molar-refractivity contribution in [1.82, 2.24) is 5.32 Å². The molecule has 21 heavy (non-hydrogen) atoms. The Kier molecular flexibility index (Phi) is 5.14. The predicted octanol–water partition coefficient (Wildman–Crippen LogP) is 2.95. The molecular formula is C15H21N3O3. The van der Waals surface area contributed by atoms with Crippen molar-refractivity contribution in [3.05, 3.63) is 33.9 Å². The molecule has 1 aromatic rings. The highest BCUT2D eigenvalue weighted by molar-refractivity contribution is 5.95. The highest BCUT2D eigenvalue weighted by atomic mass is 16.6. The number of benzene rings is 1. The minimum Gasteiger partial charge on any atom is -0.379 e. The lowest BCUT2D eigenvalue weighted by Crippen LogP contribution is -2.22. The standard InChI is InChI=1S/C15H21N3O3/c1-2-16-15(19)12-7-8-13(14(10-12)18(20)21)17-9-3-4-11-5-6-11/h7-8,10-11,17H,2-6,9H2,1H3,(H,16,19). The van der Waals surface area contributed by atoms with Crippen molar-refractivity contribution in [3.8, 4) is 0 Å². The summed E-state index contributed by atoms with van der Waals surface area (Å²) in [4.78, 5) is 22.4. The number of hydrogen-bond acceptors (Lipinski definition) is 4. The van der Waals surface area contributed by atoms with Gasteiger partial charge in [-0.25, -0.2) is 0 Å². The average molecular weight is 291 g/mol. The third kappa shape index (κ3) is 4.44. The van der Waals surface area contributed by atoms with Crippen molar-refractivity contribution in [1.29, 1.82) is 0 Å². The Balaban J connectivity index is 2.01. The predicted molar refractivity (Wildman–Crippen MR) is 81.6 cm³/mol. The summed E-state index contributed by atoms with van der Waals surface area (Å²) >= 11 is 0. The van der Waals surface area contributed by atoms with Crippen LogP contribution in [-0.2, 0) is 0 Å². The van der Waals surface area contributed by atoms with Gasteiger partial charge < -0.3 is 10.6 Å². The van der Waals surface area contributed by atoms with E-state index < -0.39 is 4.92 Å². The number of rotatable bonds is 8. The monoisotopic (exact) mass is 291 g/mol. The first-order chi connectivity index (χ1) is 10.1. The summed E-state index contributed by atoms with van der Waals surface area (Å²) < 4.78 is 0. The molecule has 114 valence electrons. The lowest BCUT2D eigenvalue weighted by atomic mass is 10.1. The van der Waals surface area contributed by atoms with Crippen LogP contribution in [0.1, 0.15) is 43.0 Å². The minimum absolute atomic E-state index is 0.0508. The number of amides is 1. The molecular weight excluding hydrogens is 270 g/mol. The summed E-state index contributed by atoms with van der Waals surface area (Å²) in [6.07, 6.45) is 4.83. The van der Waals surface area contributed by atoms with Crippen LogP contribution < -0.4 is 10.6 Å². The molecule has 2 rings (SSSR count). The van der Waals surface area contributed by atoms with Gasteiger partial charge in [0.2, 0.25) is 0 Å². The molecule has 1 aliphatic carbocycles. The van der Waals surface area contributed by atoms with Crippen molar-refractivity contribution < 1.29 is 9.72 Å². The number of nitrogens with zero attached hydrogens (tertiary/aromatic N) is 1. The molecule has 1 aliphatic rings. The molecule has 2 N–H and O–H groups in total. The SMILES string of the molecule is CCNC(=O)c1ccc(NCCCC2CC2)c([N+](=O)[O-])c1. The number of carbonyl (C=O) groups excluding carboxylic acids is 1. The highest BCUT2D eigenvalue weighted by Gasteiger charge is 2.21. The van der Waals surface area contributed by atoms with E-state index in [2.05, 4.69) is 10.6 Å². The number of anilines is 1. The van der Waals surface area contributed by atoms with E-state index in [0.29, 0.717) is 17.8 Å². The van der Waals surface area contributed by atoms with Gasteiger partial charge in [0.1, 0.15) is 5.69 Å². The largest absolute Gasteiger partial charge is 0.379 e. The van der Waals surface area contributed by atoms with Gasteiger partial charge in [-0.05, 0) is 37.8 Å². The van der Waals surface area contributed by atoms with Gasteiger partial charge in [0.15, 0.2) is 0 Å². The van der Waals surface area contributed by atoms with Gasteiger partial charge in [-0.15, -0.1) is 0 Å². The van der Waals surface area contributed by atoms with E-state index in [0.717, 1.165) is 18.9 Å². The second-order valence-electron chi connectivity index (χ2n) is 5.36. The van der Waals surface area contributed by atoms with Crippen LogP contribution in [0.15, 0.2) is 18.2 Å². The number of carbonyl (C=O) groups is 1. The van der Waals surface area contributed by atoms with Crippen LogP contribution in [0.2, 0.25) is 0 Å². The topological polar surface area (TPSA) is 84.3 Å². The van der Waals surface area contributed by atoms with E-state index in [1.165, 1.54) is 25.3 Å². The van der Waals surface area contributed by atoms with Crippen LogP contribution in [0, 0.1) is 16.0 Å². The third-order valence-electron chi connectivity index (χ3n) is 3.60.